The average Bonchev–Trinajstić information content (AvgIpc) is 2.82. The maximum atomic E-state index is 12.1. The van der Waals surface area contributed by atoms with E-state index in [2.05, 4.69) is 4.98 Å². The molecule has 2 aromatic heterocycles. The molecule has 0 aliphatic carbocycles. The Balaban J connectivity index is 2.47. The van der Waals surface area contributed by atoms with E-state index in [-0.39, 0.29) is 11.1 Å². The van der Waals surface area contributed by atoms with Crippen LogP contribution >= 0.6 is 0 Å². The van der Waals surface area contributed by atoms with Gasteiger partial charge in [-0.15, -0.1) is 0 Å². The van der Waals surface area contributed by atoms with Gasteiger partial charge < -0.3 is 9.13 Å². The molecule has 18 heavy (non-hydrogen) atoms. The molecule has 0 unspecified atom stereocenters. The van der Waals surface area contributed by atoms with Crippen molar-refractivity contribution in [2.24, 2.45) is 0 Å². The lowest BCUT2D eigenvalue weighted by molar-refractivity contribution is 0.627. The Morgan fingerprint density at radius 3 is 2.89 bits per heavy atom. The molecule has 92 valence electrons. The average molecular weight is 242 g/mol. The monoisotopic (exact) mass is 242 g/mol. The third-order valence-corrected chi connectivity index (χ3v) is 2.95. The first-order valence-electron chi connectivity index (χ1n) is 5.78. The SMILES string of the molecule is CCn1ccnc1Cn1c(C)ccc(C#N)c1=O. The van der Waals surface area contributed by atoms with Crippen molar-refractivity contribution in [1.29, 1.82) is 5.26 Å². The smallest absolute Gasteiger partial charge is 0.269 e. The number of nitriles is 1. The number of pyridine rings is 1. The summed E-state index contributed by atoms with van der Waals surface area (Å²) in [5, 5.41) is 8.88. The standard InChI is InChI=1S/C13H14N4O/c1-3-16-7-6-15-12(16)9-17-10(2)4-5-11(8-14)13(17)18/h4-7H,3,9H2,1-2H3. The van der Waals surface area contributed by atoms with Crippen molar-refractivity contribution < 1.29 is 0 Å². The minimum absolute atomic E-state index is 0.162. The molecule has 0 bridgehead atoms. The minimum atomic E-state index is -0.261. The largest absolute Gasteiger partial charge is 0.334 e. The molecule has 0 amide bonds. The lowest BCUT2D eigenvalue weighted by Crippen LogP contribution is -2.26. The van der Waals surface area contributed by atoms with Crippen LogP contribution < -0.4 is 5.56 Å². The first-order valence-corrected chi connectivity index (χ1v) is 5.78. The Labute approximate surface area is 105 Å². The molecule has 0 aromatic carbocycles. The fourth-order valence-electron chi connectivity index (χ4n) is 1.87. The summed E-state index contributed by atoms with van der Waals surface area (Å²) in [4.78, 5) is 16.3. The number of rotatable bonds is 3. The first kappa shape index (κ1) is 12.1. The van der Waals surface area contributed by atoms with Crippen LogP contribution in [0.5, 0.6) is 0 Å². The van der Waals surface area contributed by atoms with Crippen molar-refractivity contribution in [1.82, 2.24) is 14.1 Å². The maximum absolute atomic E-state index is 12.1. The van der Waals surface area contributed by atoms with Crippen LogP contribution in [0.25, 0.3) is 0 Å². The van der Waals surface area contributed by atoms with Gasteiger partial charge in [-0.2, -0.15) is 5.26 Å². The van der Waals surface area contributed by atoms with Crippen molar-refractivity contribution in [3.63, 3.8) is 0 Å². The molecule has 5 heteroatoms. The molecule has 0 aliphatic rings. The van der Waals surface area contributed by atoms with Crippen molar-refractivity contribution in [3.8, 4) is 6.07 Å². The molecule has 0 atom stereocenters. The molecule has 0 aliphatic heterocycles. The van der Waals surface area contributed by atoms with E-state index < -0.39 is 0 Å². The van der Waals surface area contributed by atoms with Crippen LogP contribution in [-0.4, -0.2) is 14.1 Å². The highest BCUT2D eigenvalue weighted by Gasteiger charge is 2.09. The van der Waals surface area contributed by atoms with Gasteiger partial charge in [0.2, 0.25) is 0 Å². The lowest BCUT2D eigenvalue weighted by Gasteiger charge is -2.10. The quantitative estimate of drug-likeness (QED) is 0.814. The highest BCUT2D eigenvalue weighted by molar-refractivity contribution is 5.27. The van der Waals surface area contributed by atoms with E-state index in [1.54, 1.807) is 22.9 Å². The summed E-state index contributed by atoms with van der Waals surface area (Å²) < 4.78 is 3.55. The van der Waals surface area contributed by atoms with Gasteiger partial charge in [0.25, 0.3) is 5.56 Å². The Hall–Kier alpha value is -2.35. The zero-order valence-electron chi connectivity index (χ0n) is 10.4. The Kier molecular flexibility index (Phi) is 3.28. The molecule has 0 radical (unpaired) electrons. The summed E-state index contributed by atoms with van der Waals surface area (Å²) in [7, 11) is 0. The Morgan fingerprint density at radius 2 is 2.22 bits per heavy atom. The predicted octanol–water partition coefficient (Wildman–Crippen LogP) is 1.29. The van der Waals surface area contributed by atoms with E-state index in [9.17, 15) is 4.79 Å². The van der Waals surface area contributed by atoms with Crippen LogP contribution in [-0.2, 0) is 13.1 Å². The summed E-state index contributed by atoms with van der Waals surface area (Å²) in [5.74, 6) is 0.817. The molecular weight excluding hydrogens is 228 g/mol. The second-order valence-corrected chi connectivity index (χ2v) is 4.02. The molecular formula is C13H14N4O. The number of aryl methyl sites for hydroxylation is 2. The normalized spacial score (nSPS) is 10.3. The molecule has 0 saturated heterocycles. The topological polar surface area (TPSA) is 63.6 Å². The van der Waals surface area contributed by atoms with Crippen LogP contribution in [0.2, 0.25) is 0 Å². The summed E-state index contributed by atoms with van der Waals surface area (Å²) in [5.41, 5.74) is 0.725. The summed E-state index contributed by atoms with van der Waals surface area (Å²) in [6, 6.07) is 5.24. The van der Waals surface area contributed by atoms with Crippen LogP contribution in [0.1, 0.15) is 24.0 Å². The van der Waals surface area contributed by atoms with Gasteiger partial charge in [0.15, 0.2) is 0 Å². The lowest BCUT2D eigenvalue weighted by atomic mass is 10.2. The fraction of sp³-hybridized carbons (Fsp3) is 0.308. The van der Waals surface area contributed by atoms with E-state index in [4.69, 9.17) is 5.26 Å². The van der Waals surface area contributed by atoms with Crippen molar-refractivity contribution in [3.05, 3.63) is 52.0 Å². The van der Waals surface area contributed by atoms with E-state index >= 15 is 0 Å². The molecule has 5 nitrogen and oxygen atoms in total. The van der Waals surface area contributed by atoms with Gasteiger partial charge in [-0.25, -0.2) is 4.98 Å². The fourth-order valence-corrected chi connectivity index (χ4v) is 1.87. The van der Waals surface area contributed by atoms with Gasteiger partial charge in [0, 0.05) is 24.6 Å². The Morgan fingerprint density at radius 1 is 1.44 bits per heavy atom. The maximum Gasteiger partial charge on any atom is 0.269 e. The molecule has 0 N–H and O–H groups in total. The summed E-state index contributed by atoms with van der Waals surface area (Å²) in [6.45, 7) is 5.07. The van der Waals surface area contributed by atoms with Crippen LogP contribution in [0, 0.1) is 18.3 Å². The van der Waals surface area contributed by atoms with E-state index in [1.165, 1.54) is 0 Å². The van der Waals surface area contributed by atoms with E-state index in [0.29, 0.717) is 6.54 Å². The first-order chi connectivity index (χ1) is 8.67. The molecule has 0 saturated carbocycles. The van der Waals surface area contributed by atoms with Gasteiger partial charge in [-0.05, 0) is 26.0 Å². The molecule has 2 rings (SSSR count). The predicted molar refractivity (Wildman–Crippen MR) is 67.2 cm³/mol. The highest BCUT2D eigenvalue weighted by Crippen LogP contribution is 2.03. The molecule has 0 spiro atoms. The van der Waals surface area contributed by atoms with Gasteiger partial charge in [0.05, 0.1) is 6.54 Å². The van der Waals surface area contributed by atoms with E-state index in [0.717, 1.165) is 18.1 Å². The van der Waals surface area contributed by atoms with Crippen molar-refractivity contribution >= 4 is 0 Å². The third-order valence-electron chi connectivity index (χ3n) is 2.95. The Bertz CT molecular complexity index is 660. The number of nitrogens with zero attached hydrogens (tertiary/aromatic N) is 4. The molecule has 0 fully saturated rings. The zero-order chi connectivity index (χ0) is 13.1. The van der Waals surface area contributed by atoms with Crippen molar-refractivity contribution in [2.75, 3.05) is 0 Å². The second kappa shape index (κ2) is 4.88. The summed E-state index contributed by atoms with van der Waals surface area (Å²) in [6.07, 6.45) is 3.59. The molecule has 2 heterocycles. The number of aromatic nitrogens is 3. The second-order valence-electron chi connectivity index (χ2n) is 4.02. The van der Waals surface area contributed by atoms with Gasteiger partial charge in [-0.1, -0.05) is 0 Å². The highest BCUT2D eigenvalue weighted by atomic mass is 16.1. The number of hydrogen-bond acceptors (Lipinski definition) is 3. The van der Waals surface area contributed by atoms with Crippen LogP contribution in [0.15, 0.2) is 29.3 Å². The van der Waals surface area contributed by atoms with Gasteiger partial charge in [-0.3, -0.25) is 4.79 Å². The minimum Gasteiger partial charge on any atom is -0.334 e. The third kappa shape index (κ3) is 2.05. The van der Waals surface area contributed by atoms with Crippen molar-refractivity contribution in [2.45, 2.75) is 26.9 Å². The zero-order valence-corrected chi connectivity index (χ0v) is 10.4. The van der Waals surface area contributed by atoms with E-state index in [1.807, 2.05) is 30.7 Å². The summed E-state index contributed by atoms with van der Waals surface area (Å²) >= 11 is 0. The van der Waals surface area contributed by atoms with Gasteiger partial charge in [0.1, 0.15) is 17.5 Å². The van der Waals surface area contributed by atoms with Gasteiger partial charge >= 0.3 is 0 Å². The van der Waals surface area contributed by atoms with Crippen LogP contribution in [0.3, 0.4) is 0 Å². The van der Waals surface area contributed by atoms with Crippen LogP contribution in [0.4, 0.5) is 0 Å². The number of hydrogen-bond donors (Lipinski definition) is 0. The number of imidazole rings is 1. The molecule has 2 aromatic rings.